The molecule has 0 aliphatic heterocycles. The van der Waals surface area contributed by atoms with Crippen LogP contribution in [0.5, 0.6) is 11.5 Å². The molecular weight excluding hydrogens is 314 g/mol. The molecule has 0 spiro atoms. The number of benzene rings is 2. The predicted octanol–water partition coefficient (Wildman–Crippen LogP) is 4.16. The van der Waals surface area contributed by atoms with Crippen molar-refractivity contribution in [3.63, 3.8) is 0 Å². The molecule has 0 saturated carbocycles. The van der Waals surface area contributed by atoms with Gasteiger partial charge >= 0.3 is 0 Å². The number of aromatic hydroxyl groups is 2. The standard InChI is InChI=1S/C18H14F2N2O2/c19-9-15-17(11-1-5-13(23)6-2-11)21-16(10-20)18(22-15)12-3-7-14(24)8-4-12/h1-8,23-24H,9-10H2. The van der Waals surface area contributed by atoms with Gasteiger partial charge in [-0.25, -0.2) is 18.7 Å². The van der Waals surface area contributed by atoms with Crippen LogP contribution in [0, 0.1) is 0 Å². The number of phenolic OH excluding ortho intramolecular Hbond substituents is 2. The van der Waals surface area contributed by atoms with Crippen molar-refractivity contribution >= 4 is 0 Å². The summed E-state index contributed by atoms with van der Waals surface area (Å²) in [5, 5.41) is 18.7. The monoisotopic (exact) mass is 328 g/mol. The van der Waals surface area contributed by atoms with Crippen LogP contribution in [0.15, 0.2) is 48.5 Å². The summed E-state index contributed by atoms with van der Waals surface area (Å²) < 4.78 is 26.9. The van der Waals surface area contributed by atoms with Crippen molar-refractivity contribution in [1.82, 2.24) is 9.97 Å². The average molecular weight is 328 g/mol. The molecule has 24 heavy (non-hydrogen) atoms. The first-order valence-electron chi connectivity index (χ1n) is 7.23. The first-order chi connectivity index (χ1) is 11.6. The van der Waals surface area contributed by atoms with Crippen molar-refractivity contribution in [2.75, 3.05) is 0 Å². The van der Waals surface area contributed by atoms with Gasteiger partial charge in [-0.2, -0.15) is 0 Å². The highest BCUT2D eigenvalue weighted by molar-refractivity contribution is 5.68. The quantitative estimate of drug-likeness (QED) is 0.755. The Kier molecular flexibility index (Phi) is 4.37. The van der Waals surface area contributed by atoms with Crippen molar-refractivity contribution in [3.8, 4) is 34.0 Å². The second-order valence-electron chi connectivity index (χ2n) is 5.18. The summed E-state index contributed by atoms with van der Waals surface area (Å²) in [5.74, 6) is 0.139. The molecule has 1 heterocycles. The Labute approximate surface area is 137 Å². The Balaban J connectivity index is 2.16. The third-order valence-electron chi connectivity index (χ3n) is 3.57. The number of hydrogen-bond donors (Lipinski definition) is 2. The van der Waals surface area contributed by atoms with Gasteiger partial charge in [0.25, 0.3) is 0 Å². The van der Waals surface area contributed by atoms with Crippen LogP contribution in [0.25, 0.3) is 22.5 Å². The molecule has 0 amide bonds. The molecular formula is C18H14F2N2O2. The Hall–Kier alpha value is -3.02. The molecule has 3 aromatic rings. The van der Waals surface area contributed by atoms with E-state index in [0.717, 1.165) is 0 Å². The Morgan fingerprint density at radius 3 is 1.25 bits per heavy atom. The normalized spacial score (nSPS) is 10.8. The fourth-order valence-electron chi connectivity index (χ4n) is 2.39. The van der Waals surface area contributed by atoms with Gasteiger partial charge in [-0.1, -0.05) is 0 Å². The fraction of sp³-hybridized carbons (Fsp3) is 0.111. The molecule has 0 fully saturated rings. The molecule has 4 nitrogen and oxygen atoms in total. The highest BCUT2D eigenvalue weighted by atomic mass is 19.1. The SMILES string of the molecule is Oc1ccc(-c2nc(CF)c(-c3ccc(O)cc3)nc2CF)cc1. The van der Waals surface area contributed by atoms with Crippen LogP contribution in [0.3, 0.4) is 0 Å². The molecule has 2 N–H and O–H groups in total. The van der Waals surface area contributed by atoms with E-state index in [1.807, 2.05) is 0 Å². The van der Waals surface area contributed by atoms with Crippen molar-refractivity contribution < 1.29 is 19.0 Å². The molecule has 3 rings (SSSR count). The minimum absolute atomic E-state index is 0.0694. The average Bonchev–Trinajstić information content (AvgIpc) is 2.62. The number of phenols is 2. The smallest absolute Gasteiger partial charge is 0.134 e. The maximum atomic E-state index is 13.5. The summed E-state index contributed by atoms with van der Waals surface area (Å²) >= 11 is 0. The summed E-state index contributed by atoms with van der Waals surface area (Å²) in [5.41, 5.74) is 1.74. The van der Waals surface area contributed by atoms with Gasteiger partial charge in [-0.05, 0) is 48.5 Å². The largest absolute Gasteiger partial charge is 0.508 e. The van der Waals surface area contributed by atoms with E-state index in [1.165, 1.54) is 24.3 Å². The topological polar surface area (TPSA) is 66.2 Å². The molecule has 2 aromatic carbocycles. The van der Waals surface area contributed by atoms with Gasteiger partial charge in [-0.15, -0.1) is 0 Å². The zero-order valence-electron chi connectivity index (χ0n) is 12.6. The molecule has 0 saturated heterocycles. The van der Waals surface area contributed by atoms with Gasteiger partial charge in [0.1, 0.15) is 24.8 Å². The molecule has 0 radical (unpaired) electrons. The van der Waals surface area contributed by atoms with Gasteiger partial charge in [0.15, 0.2) is 0 Å². The zero-order valence-corrected chi connectivity index (χ0v) is 12.6. The number of rotatable bonds is 4. The Morgan fingerprint density at radius 2 is 0.958 bits per heavy atom. The highest BCUT2D eigenvalue weighted by Gasteiger charge is 2.16. The van der Waals surface area contributed by atoms with E-state index in [1.54, 1.807) is 24.3 Å². The Morgan fingerprint density at radius 1 is 0.625 bits per heavy atom. The fourth-order valence-corrected chi connectivity index (χ4v) is 2.39. The van der Waals surface area contributed by atoms with Crippen molar-refractivity contribution in [2.24, 2.45) is 0 Å². The Bertz CT molecular complexity index is 777. The summed E-state index contributed by atoms with van der Waals surface area (Å²) in [6.45, 7) is -1.72. The summed E-state index contributed by atoms with van der Waals surface area (Å²) in [4.78, 5) is 8.48. The summed E-state index contributed by atoms with van der Waals surface area (Å²) in [6.07, 6.45) is 0. The van der Waals surface area contributed by atoms with Crippen molar-refractivity contribution in [2.45, 2.75) is 13.3 Å². The van der Waals surface area contributed by atoms with E-state index in [2.05, 4.69) is 9.97 Å². The lowest BCUT2D eigenvalue weighted by Gasteiger charge is -2.12. The lowest BCUT2D eigenvalue weighted by molar-refractivity contribution is 0.464. The molecule has 6 heteroatoms. The number of nitrogens with zero attached hydrogens (tertiary/aromatic N) is 2. The van der Waals surface area contributed by atoms with Crippen LogP contribution in [-0.2, 0) is 13.3 Å². The molecule has 1 aromatic heterocycles. The minimum atomic E-state index is -0.860. The third-order valence-corrected chi connectivity index (χ3v) is 3.57. The molecule has 122 valence electrons. The highest BCUT2D eigenvalue weighted by Crippen LogP contribution is 2.29. The van der Waals surface area contributed by atoms with Gasteiger partial charge in [0.05, 0.1) is 22.8 Å². The van der Waals surface area contributed by atoms with Crippen LogP contribution < -0.4 is 0 Å². The van der Waals surface area contributed by atoms with Gasteiger partial charge in [0.2, 0.25) is 0 Å². The third kappa shape index (κ3) is 3.03. The van der Waals surface area contributed by atoms with Gasteiger partial charge < -0.3 is 10.2 Å². The number of alkyl halides is 2. The van der Waals surface area contributed by atoms with Crippen molar-refractivity contribution in [3.05, 3.63) is 59.9 Å². The van der Waals surface area contributed by atoms with Crippen LogP contribution in [0.2, 0.25) is 0 Å². The molecule has 0 bridgehead atoms. The molecule has 0 aliphatic carbocycles. The van der Waals surface area contributed by atoms with Crippen molar-refractivity contribution in [1.29, 1.82) is 0 Å². The number of aromatic nitrogens is 2. The number of hydrogen-bond acceptors (Lipinski definition) is 4. The van der Waals surface area contributed by atoms with Gasteiger partial charge in [0, 0.05) is 11.1 Å². The minimum Gasteiger partial charge on any atom is -0.508 e. The summed E-state index contributed by atoms with van der Waals surface area (Å²) in [7, 11) is 0. The predicted molar refractivity (Wildman–Crippen MR) is 85.9 cm³/mol. The summed E-state index contributed by atoms with van der Waals surface area (Å²) in [6, 6.07) is 12.1. The molecule has 0 unspecified atom stereocenters. The first-order valence-corrected chi connectivity index (χ1v) is 7.23. The number of halogens is 2. The maximum Gasteiger partial charge on any atom is 0.134 e. The zero-order chi connectivity index (χ0) is 17.1. The second-order valence-corrected chi connectivity index (χ2v) is 5.18. The molecule has 0 atom stereocenters. The van der Waals surface area contributed by atoms with Crippen LogP contribution >= 0.6 is 0 Å². The lowest BCUT2D eigenvalue weighted by atomic mass is 10.1. The van der Waals surface area contributed by atoms with E-state index >= 15 is 0 Å². The second kappa shape index (κ2) is 6.62. The maximum absolute atomic E-state index is 13.5. The van der Waals surface area contributed by atoms with Crippen LogP contribution in [0.4, 0.5) is 8.78 Å². The van der Waals surface area contributed by atoms with Crippen LogP contribution in [0.1, 0.15) is 11.4 Å². The first kappa shape index (κ1) is 15.9. The van der Waals surface area contributed by atoms with E-state index in [0.29, 0.717) is 11.1 Å². The van der Waals surface area contributed by atoms with E-state index < -0.39 is 13.3 Å². The molecule has 0 aliphatic rings. The van der Waals surface area contributed by atoms with Gasteiger partial charge in [-0.3, -0.25) is 0 Å². The van der Waals surface area contributed by atoms with E-state index in [-0.39, 0.29) is 34.3 Å². The van der Waals surface area contributed by atoms with E-state index in [4.69, 9.17) is 0 Å². The van der Waals surface area contributed by atoms with Crippen LogP contribution in [-0.4, -0.2) is 20.2 Å². The van der Waals surface area contributed by atoms with E-state index in [9.17, 15) is 19.0 Å². The lowest BCUT2D eigenvalue weighted by Crippen LogP contribution is -2.03.